The van der Waals surface area contributed by atoms with E-state index in [0.717, 1.165) is 34.6 Å². The van der Waals surface area contributed by atoms with Gasteiger partial charge in [0.25, 0.3) is 0 Å². The third kappa shape index (κ3) is 4.66. The second kappa shape index (κ2) is 9.39. The number of pyridine rings is 1. The van der Waals surface area contributed by atoms with Crippen molar-refractivity contribution in [2.45, 2.75) is 20.3 Å². The van der Waals surface area contributed by atoms with Gasteiger partial charge in [-0.2, -0.15) is 0 Å². The van der Waals surface area contributed by atoms with Gasteiger partial charge in [-0.05, 0) is 54.3 Å². The zero-order chi connectivity index (χ0) is 19.3. The molecule has 0 fully saturated rings. The molecule has 0 atom stereocenters. The van der Waals surface area contributed by atoms with Gasteiger partial charge in [0.1, 0.15) is 17.9 Å². The highest BCUT2D eigenvalue weighted by molar-refractivity contribution is 5.85. The number of rotatable bonds is 6. The third-order valence-electron chi connectivity index (χ3n) is 4.71. The Labute approximate surface area is 177 Å². The summed E-state index contributed by atoms with van der Waals surface area (Å²) < 4.78 is 7.45. The fraction of sp³-hybridized carbons (Fsp3) is 0.167. The van der Waals surface area contributed by atoms with E-state index in [0.29, 0.717) is 6.61 Å². The van der Waals surface area contributed by atoms with Crippen LogP contribution < -0.4 is 4.74 Å². The minimum atomic E-state index is 0. The van der Waals surface area contributed by atoms with Crippen LogP contribution >= 0.6 is 12.4 Å². The molecular formula is C24H24ClN3O. The second-order valence-electron chi connectivity index (χ2n) is 6.58. The smallest absolute Gasteiger partial charge is 0.138 e. The van der Waals surface area contributed by atoms with Crippen LogP contribution in [0.4, 0.5) is 0 Å². The predicted molar refractivity (Wildman–Crippen MR) is 122 cm³/mol. The maximum atomic E-state index is 5.46. The van der Waals surface area contributed by atoms with Gasteiger partial charge in [0.05, 0.1) is 23.8 Å². The summed E-state index contributed by atoms with van der Waals surface area (Å²) in [6.45, 7) is 4.76. The van der Waals surface area contributed by atoms with Crippen LogP contribution in [0.15, 0.2) is 67.1 Å². The molecule has 0 aliphatic rings. The third-order valence-corrected chi connectivity index (χ3v) is 4.71. The van der Waals surface area contributed by atoms with Gasteiger partial charge < -0.3 is 4.74 Å². The van der Waals surface area contributed by atoms with Gasteiger partial charge in [0.2, 0.25) is 0 Å². The standard InChI is InChI=1S/C24H23N3O.ClH/c1-3-18-5-7-19(8-6-18)9-10-20-11-13-23-22(15-20)26-17-27(23)24-14-12-21(16-25-24)28-4-2;/h5-17H,3-4H2,1-2H3;1H. The Morgan fingerprint density at radius 3 is 2.34 bits per heavy atom. The van der Waals surface area contributed by atoms with E-state index < -0.39 is 0 Å². The number of hydrogen-bond acceptors (Lipinski definition) is 3. The van der Waals surface area contributed by atoms with Gasteiger partial charge in [0, 0.05) is 0 Å². The Hall–Kier alpha value is -3.11. The molecule has 0 aliphatic heterocycles. The van der Waals surface area contributed by atoms with Crippen LogP contribution in [-0.4, -0.2) is 21.1 Å². The summed E-state index contributed by atoms with van der Waals surface area (Å²) in [6, 6.07) is 18.8. The molecule has 0 saturated carbocycles. The van der Waals surface area contributed by atoms with Gasteiger partial charge in [-0.1, -0.05) is 49.4 Å². The maximum absolute atomic E-state index is 5.46. The summed E-state index contributed by atoms with van der Waals surface area (Å²) in [7, 11) is 0. The molecule has 4 aromatic rings. The largest absolute Gasteiger partial charge is 0.492 e. The maximum Gasteiger partial charge on any atom is 0.138 e. The first-order valence-corrected chi connectivity index (χ1v) is 9.60. The SMILES string of the molecule is CCOc1ccc(-n2cnc3cc(C=Cc4ccc(CC)cc4)ccc32)nc1.Cl. The number of benzene rings is 2. The van der Waals surface area contributed by atoms with Gasteiger partial charge in [-0.3, -0.25) is 4.57 Å². The molecule has 29 heavy (non-hydrogen) atoms. The van der Waals surface area contributed by atoms with E-state index in [1.165, 1.54) is 11.1 Å². The molecular weight excluding hydrogens is 382 g/mol. The lowest BCUT2D eigenvalue weighted by molar-refractivity contribution is 0.339. The zero-order valence-electron chi connectivity index (χ0n) is 16.6. The normalized spacial score (nSPS) is 11.0. The summed E-state index contributed by atoms with van der Waals surface area (Å²) in [6.07, 6.45) is 8.86. The number of aromatic nitrogens is 3. The van der Waals surface area contributed by atoms with Gasteiger partial charge in [0.15, 0.2) is 0 Å². The summed E-state index contributed by atoms with van der Waals surface area (Å²) in [5.74, 6) is 1.60. The predicted octanol–water partition coefficient (Wildman–Crippen LogP) is 5.97. The highest BCUT2D eigenvalue weighted by atomic mass is 35.5. The Bertz CT molecular complexity index is 1100. The number of ether oxygens (including phenoxy) is 1. The molecule has 2 heterocycles. The highest BCUT2D eigenvalue weighted by Gasteiger charge is 2.06. The van der Waals surface area contributed by atoms with E-state index in [1.54, 1.807) is 6.20 Å². The first kappa shape index (κ1) is 20.6. The fourth-order valence-electron chi connectivity index (χ4n) is 3.14. The summed E-state index contributed by atoms with van der Waals surface area (Å²) in [5.41, 5.74) is 5.64. The number of aryl methyl sites for hydroxylation is 1. The van der Waals surface area contributed by atoms with Crippen LogP contribution in [0.3, 0.4) is 0 Å². The van der Waals surface area contributed by atoms with Crippen molar-refractivity contribution in [3.05, 3.63) is 83.8 Å². The van der Waals surface area contributed by atoms with Gasteiger partial charge in [-0.15, -0.1) is 12.4 Å². The minimum Gasteiger partial charge on any atom is -0.492 e. The summed E-state index contributed by atoms with van der Waals surface area (Å²) >= 11 is 0. The van der Waals surface area contributed by atoms with Crippen molar-refractivity contribution >= 4 is 35.6 Å². The lowest BCUT2D eigenvalue weighted by atomic mass is 10.1. The highest BCUT2D eigenvalue weighted by Crippen LogP contribution is 2.21. The Morgan fingerprint density at radius 2 is 1.66 bits per heavy atom. The fourth-order valence-corrected chi connectivity index (χ4v) is 3.14. The van der Waals surface area contributed by atoms with E-state index >= 15 is 0 Å². The second-order valence-corrected chi connectivity index (χ2v) is 6.58. The molecule has 0 radical (unpaired) electrons. The van der Waals surface area contributed by atoms with E-state index in [4.69, 9.17) is 4.74 Å². The van der Waals surface area contributed by atoms with Crippen LogP contribution in [0.2, 0.25) is 0 Å². The van der Waals surface area contributed by atoms with Crippen molar-refractivity contribution < 1.29 is 4.74 Å². The molecule has 4 nitrogen and oxygen atoms in total. The van der Waals surface area contributed by atoms with Crippen molar-refractivity contribution in [1.82, 2.24) is 14.5 Å². The monoisotopic (exact) mass is 405 g/mol. The van der Waals surface area contributed by atoms with Crippen LogP contribution in [0, 0.1) is 0 Å². The molecule has 0 N–H and O–H groups in total. The van der Waals surface area contributed by atoms with Crippen LogP contribution in [0.1, 0.15) is 30.5 Å². The molecule has 2 aromatic heterocycles. The molecule has 0 bridgehead atoms. The molecule has 0 unspecified atom stereocenters. The first-order chi connectivity index (χ1) is 13.8. The molecule has 2 aromatic carbocycles. The van der Waals surface area contributed by atoms with Crippen LogP contribution in [0.5, 0.6) is 5.75 Å². The molecule has 0 aliphatic carbocycles. The van der Waals surface area contributed by atoms with Gasteiger partial charge >= 0.3 is 0 Å². The number of hydrogen-bond donors (Lipinski definition) is 0. The molecule has 0 saturated heterocycles. The summed E-state index contributed by atoms with van der Waals surface area (Å²) in [4.78, 5) is 9.04. The van der Waals surface area contributed by atoms with E-state index in [1.807, 2.05) is 30.0 Å². The Balaban J connectivity index is 0.00000240. The number of halogens is 1. The van der Waals surface area contributed by atoms with Crippen LogP contribution in [0.25, 0.3) is 29.0 Å². The average molecular weight is 406 g/mol. The minimum absolute atomic E-state index is 0. The van der Waals surface area contributed by atoms with Crippen molar-refractivity contribution in [3.8, 4) is 11.6 Å². The lowest BCUT2D eigenvalue weighted by Crippen LogP contribution is -1.97. The number of imidazole rings is 1. The molecule has 0 spiro atoms. The van der Waals surface area contributed by atoms with Crippen molar-refractivity contribution in [2.24, 2.45) is 0 Å². The lowest BCUT2D eigenvalue weighted by Gasteiger charge is -2.06. The molecule has 148 valence electrons. The Kier molecular flexibility index (Phi) is 6.68. The van der Waals surface area contributed by atoms with Crippen LogP contribution in [-0.2, 0) is 6.42 Å². The van der Waals surface area contributed by atoms with E-state index in [-0.39, 0.29) is 12.4 Å². The number of nitrogens with zero attached hydrogens (tertiary/aromatic N) is 3. The molecule has 5 heteroatoms. The summed E-state index contributed by atoms with van der Waals surface area (Å²) in [5, 5.41) is 0. The quantitative estimate of drug-likeness (QED) is 0.371. The van der Waals surface area contributed by atoms with E-state index in [2.05, 4.69) is 71.5 Å². The zero-order valence-corrected chi connectivity index (χ0v) is 17.4. The van der Waals surface area contributed by atoms with Crippen molar-refractivity contribution in [1.29, 1.82) is 0 Å². The molecule has 4 rings (SSSR count). The van der Waals surface area contributed by atoms with Gasteiger partial charge in [-0.25, -0.2) is 9.97 Å². The first-order valence-electron chi connectivity index (χ1n) is 9.60. The van der Waals surface area contributed by atoms with Crippen molar-refractivity contribution in [3.63, 3.8) is 0 Å². The Morgan fingerprint density at radius 1 is 0.897 bits per heavy atom. The topological polar surface area (TPSA) is 39.9 Å². The van der Waals surface area contributed by atoms with E-state index in [9.17, 15) is 0 Å². The molecule has 0 amide bonds. The van der Waals surface area contributed by atoms with Crippen molar-refractivity contribution in [2.75, 3.05) is 6.61 Å². The average Bonchev–Trinajstić information content (AvgIpc) is 3.17. The number of fused-ring (bicyclic) bond motifs is 1.